The van der Waals surface area contributed by atoms with E-state index in [9.17, 15) is 19.2 Å². The molecule has 3 amide bonds. The van der Waals surface area contributed by atoms with Crippen LogP contribution in [0.25, 0.3) is 0 Å². The lowest BCUT2D eigenvalue weighted by molar-refractivity contribution is -0.143. The van der Waals surface area contributed by atoms with Gasteiger partial charge in [0.05, 0.1) is 12.6 Å². The van der Waals surface area contributed by atoms with Crippen LogP contribution in [0.3, 0.4) is 0 Å². The van der Waals surface area contributed by atoms with Gasteiger partial charge in [-0.05, 0) is 18.8 Å². The summed E-state index contributed by atoms with van der Waals surface area (Å²) in [6.07, 6.45) is 1.31. The largest absolute Gasteiger partial charge is 0.480 e. The molecule has 0 aromatic rings. The molecule has 6 unspecified atom stereocenters. The third-order valence-electron chi connectivity index (χ3n) is 4.90. The summed E-state index contributed by atoms with van der Waals surface area (Å²) in [5.74, 6) is -3.45. The Kier molecular flexibility index (Phi) is 11.3. The van der Waals surface area contributed by atoms with Crippen LogP contribution in [0.5, 0.6) is 0 Å². The maximum Gasteiger partial charge on any atom is 0.328 e. The van der Waals surface area contributed by atoms with E-state index < -0.39 is 54.5 Å². The molecule has 7 N–H and O–H groups in total. The van der Waals surface area contributed by atoms with E-state index in [0.717, 1.165) is 0 Å². The number of carbonyl (C=O) groups is 4. The second-order valence-corrected chi connectivity index (χ2v) is 7.10. The maximum absolute atomic E-state index is 12.6. The predicted molar refractivity (Wildman–Crippen MR) is 103 cm³/mol. The number of carboxylic acids is 1. The van der Waals surface area contributed by atoms with Gasteiger partial charge >= 0.3 is 5.97 Å². The van der Waals surface area contributed by atoms with Crippen molar-refractivity contribution in [2.45, 2.75) is 71.6 Å². The number of hydrogen-bond donors (Lipinski definition) is 6. The molecule has 0 spiro atoms. The highest BCUT2D eigenvalue weighted by molar-refractivity contribution is 5.94. The van der Waals surface area contributed by atoms with Crippen molar-refractivity contribution >= 4 is 23.7 Å². The molecule has 0 bridgehead atoms. The minimum atomic E-state index is -1.47. The zero-order chi connectivity index (χ0) is 22.0. The van der Waals surface area contributed by atoms with Gasteiger partial charge in [-0.2, -0.15) is 0 Å². The number of rotatable bonds is 12. The Hall–Kier alpha value is -2.20. The van der Waals surface area contributed by atoms with Crippen LogP contribution in [-0.4, -0.2) is 64.7 Å². The quantitative estimate of drug-likeness (QED) is 0.242. The van der Waals surface area contributed by atoms with Crippen LogP contribution >= 0.6 is 0 Å². The third kappa shape index (κ3) is 7.81. The highest BCUT2D eigenvalue weighted by Gasteiger charge is 2.31. The molecule has 6 atom stereocenters. The standard InChI is InChI=1S/C18H34N4O6/c1-6-9(3)13(19)16(25)22-14(10(4)7-2)17(26)20-11(5)15(24)21-12(8-23)18(27)28/h9-14,23H,6-8,19H2,1-5H3,(H,20,26)(H,21,24)(H,22,25)(H,27,28). The number of nitrogens with two attached hydrogens (primary N) is 1. The number of aliphatic hydroxyl groups excluding tert-OH is 1. The topological polar surface area (TPSA) is 171 Å². The van der Waals surface area contributed by atoms with E-state index in [1.165, 1.54) is 6.92 Å². The molecule has 0 rings (SSSR count). The lowest BCUT2D eigenvalue weighted by atomic mass is 9.95. The first kappa shape index (κ1) is 25.8. The number of aliphatic carboxylic acids is 1. The van der Waals surface area contributed by atoms with Crippen molar-refractivity contribution in [1.82, 2.24) is 16.0 Å². The van der Waals surface area contributed by atoms with E-state index in [-0.39, 0.29) is 11.8 Å². The van der Waals surface area contributed by atoms with E-state index >= 15 is 0 Å². The molecule has 0 saturated heterocycles. The summed E-state index contributed by atoms with van der Waals surface area (Å²) in [5, 5.41) is 25.1. The molecule has 0 aromatic heterocycles. The van der Waals surface area contributed by atoms with Crippen molar-refractivity contribution in [1.29, 1.82) is 0 Å². The van der Waals surface area contributed by atoms with E-state index in [1.54, 1.807) is 6.92 Å². The molecule has 0 saturated carbocycles. The Bertz CT molecular complexity index is 556. The molecule has 10 heteroatoms. The molecular weight excluding hydrogens is 368 g/mol. The molecule has 28 heavy (non-hydrogen) atoms. The number of carboxylic acid groups (broad SMARTS) is 1. The van der Waals surface area contributed by atoms with Crippen LogP contribution in [0.4, 0.5) is 0 Å². The summed E-state index contributed by atoms with van der Waals surface area (Å²) in [4.78, 5) is 48.0. The first-order chi connectivity index (χ1) is 13.0. The van der Waals surface area contributed by atoms with Crippen LogP contribution in [-0.2, 0) is 19.2 Å². The molecule has 0 aliphatic heterocycles. The van der Waals surface area contributed by atoms with Crippen molar-refractivity contribution in [3.8, 4) is 0 Å². The van der Waals surface area contributed by atoms with Crippen molar-refractivity contribution in [3.05, 3.63) is 0 Å². The Morgan fingerprint density at radius 2 is 1.39 bits per heavy atom. The van der Waals surface area contributed by atoms with Gasteiger partial charge in [0, 0.05) is 0 Å². The van der Waals surface area contributed by atoms with Gasteiger partial charge in [0.1, 0.15) is 18.1 Å². The Labute approximate surface area is 165 Å². The molecule has 10 nitrogen and oxygen atoms in total. The van der Waals surface area contributed by atoms with Crippen molar-refractivity contribution in [3.63, 3.8) is 0 Å². The Balaban J connectivity index is 5.09. The second-order valence-electron chi connectivity index (χ2n) is 7.10. The lowest BCUT2D eigenvalue weighted by Crippen LogP contribution is -2.58. The number of carbonyl (C=O) groups excluding carboxylic acids is 3. The molecule has 0 radical (unpaired) electrons. The second kappa shape index (κ2) is 12.3. The van der Waals surface area contributed by atoms with Gasteiger partial charge in [-0.25, -0.2) is 4.79 Å². The summed E-state index contributed by atoms with van der Waals surface area (Å²) in [6.45, 7) is 8.00. The molecule has 0 aromatic carbocycles. The van der Waals surface area contributed by atoms with Crippen molar-refractivity contribution in [2.24, 2.45) is 17.6 Å². The summed E-state index contributed by atoms with van der Waals surface area (Å²) in [5.41, 5.74) is 5.92. The SMILES string of the molecule is CCC(C)C(N)C(=O)NC(C(=O)NC(C)C(=O)NC(CO)C(=O)O)C(C)CC. The van der Waals surface area contributed by atoms with Crippen LogP contribution < -0.4 is 21.7 Å². The normalized spacial score (nSPS) is 17.4. The third-order valence-corrected chi connectivity index (χ3v) is 4.90. The van der Waals surface area contributed by atoms with Gasteiger partial charge < -0.3 is 31.9 Å². The van der Waals surface area contributed by atoms with Gasteiger partial charge in [0.25, 0.3) is 0 Å². The summed E-state index contributed by atoms with van der Waals surface area (Å²) < 4.78 is 0. The molecule has 162 valence electrons. The molecular formula is C18H34N4O6. The minimum absolute atomic E-state index is 0.0585. The van der Waals surface area contributed by atoms with E-state index in [1.807, 2.05) is 20.8 Å². The first-order valence-corrected chi connectivity index (χ1v) is 9.50. The zero-order valence-electron chi connectivity index (χ0n) is 17.2. The zero-order valence-corrected chi connectivity index (χ0v) is 17.2. The summed E-state index contributed by atoms with van der Waals surface area (Å²) in [7, 11) is 0. The highest BCUT2D eigenvalue weighted by atomic mass is 16.4. The fourth-order valence-corrected chi connectivity index (χ4v) is 2.31. The van der Waals surface area contributed by atoms with Gasteiger partial charge in [0.2, 0.25) is 17.7 Å². The molecule has 0 aliphatic carbocycles. The van der Waals surface area contributed by atoms with Crippen molar-refractivity contribution in [2.75, 3.05) is 6.61 Å². The van der Waals surface area contributed by atoms with E-state index in [2.05, 4.69) is 16.0 Å². The van der Waals surface area contributed by atoms with Gasteiger partial charge in [-0.1, -0.05) is 40.5 Å². The van der Waals surface area contributed by atoms with Crippen LogP contribution in [0.1, 0.15) is 47.5 Å². The lowest BCUT2D eigenvalue weighted by Gasteiger charge is -2.27. The molecule has 0 aliphatic rings. The summed E-state index contributed by atoms with van der Waals surface area (Å²) in [6, 6.07) is -4.18. The van der Waals surface area contributed by atoms with Crippen LogP contribution in [0, 0.1) is 11.8 Å². The van der Waals surface area contributed by atoms with Crippen molar-refractivity contribution < 1.29 is 29.4 Å². The average Bonchev–Trinajstić information content (AvgIpc) is 2.67. The number of nitrogens with one attached hydrogen (secondary N) is 3. The predicted octanol–water partition coefficient (Wildman–Crippen LogP) is -1.04. The van der Waals surface area contributed by atoms with E-state index in [4.69, 9.17) is 15.9 Å². The van der Waals surface area contributed by atoms with E-state index in [0.29, 0.717) is 12.8 Å². The minimum Gasteiger partial charge on any atom is -0.480 e. The average molecular weight is 402 g/mol. The highest BCUT2D eigenvalue weighted by Crippen LogP contribution is 2.11. The maximum atomic E-state index is 12.6. The smallest absolute Gasteiger partial charge is 0.328 e. The first-order valence-electron chi connectivity index (χ1n) is 9.50. The van der Waals surface area contributed by atoms with Gasteiger partial charge in [-0.3, -0.25) is 14.4 Å². The van der Waals surface area contributed by atoms with Crippen LogP contribution in [0.15, 0.2) is 0 Å². The number of hydrogen-bond acceptors (Lipinski definition) is 6. The fourth-order valence-electron chi connectivity index (χ4n) is 2.31. The van der Waals surface area contributed by atoms with Crippen LogP contribution in [0.2, 0.25) is 0 Å². The molecule has 0 heterocycles. The fraction of sp³-hybridized carbons (Fsp3) is 0.778. The summed E-state index contributed by atoms with van der Waals surface area (Å²) >= 11 is 0. The monoisotopic (exact) mass is 402 g/mol. The van der Waals surface area contributed by atoms with Gasteiger partial charge in [0.15, 0.2) is 0 Å². The molecule has 0 fully saturated rings. The van der Waals surface area contributed by atoms with Gasteiger partial charge in [-0.15, -0.1) is 0 Å². The Morgan fingerprint density at radius 1 is 0.857 bits per heavy atom. The number of amides is 3. The number of aliphatic hydroxyl groups is 1. The Morgan fingerprint density at radius 3 is 1.82 bits per heavy atom.